The van der Waals surface area contributed by atoms with E-state index >= 15 is 0 Å². The maximum absolute atomic E-state index is 8.88. The van der Waals surface area contributed by atoms with Gasteiger partial charge in [-0.1, -0.05) is 17.7 Å². The first kappa shape index (κ1) is 15.2. The summed E-state index contributed by atoms with van der Waals surface area (Å²) in [4.78, 5) is 11.0. The molecule has 0 unspecified atom stereocenters. The number of rotatable bonds is 4. The van der Waals surface area contributed by atoms with E-state index in [-0.39, 0.29) is 13.2 Å². The molecule has 1 aromatic heterocycles. The lowest BCUT2D eigenvalue weighted by molar-refractivity contribution is 0.201. The highest BCUT2D eigenvalue weighted by molar-refractivity contribution is 6.31. The molecule has 0 saturated heterocycles. The van der Waals surface area contributed by atoms with E-state index in [1.807, 2.05) is 30.3 Å². The largest absolute Gasteiger partial charge is 0.491 e. The van der Waals surface area contributed by atoms with Crippen LogP contribution < -0.4 is 9.64 Å². The van der Waals surface area contributed by atoms with E-state index in [1.54, 1.807) is 6.33 Å². The van der Waals surface area contributed by atoms with Crippen molar-refractivity contribution in [2.24, 2.45) is 0 Å². The molecular weight excluding hydrogens is 326 g/mol. The lowest BCUT2D eigenvalue weighted by Crippen LogP contribution is -2.15. The zero-order valence-electron chi connectivity index (χ0n) is 12.9. The average Bonchev–Trinajstić information content (AvgIpc) is 3.02. The number of hydrogen-bond donors (Lipinski definition) is 1. The second-order valence-corrected chi connectivity index (χ2v) is 6.06. The molecule has 24 heavy (non-hydrogen) atoms. The minimum atomic E-state index is -0.0155. The molecule has 122 valence electrons. The van der Waals surface area contributed by atoms with Gasteiger partial charge in [0.2, 0.25) is 0 Å². The third-order valence-electron chi connectivity index (χ3n) is 4.15. The van der Waals surface area contributed by atoms with E-state index in [0.29, 0.717) is 5.75 Å². The van der Waals surface area contributed by atoms with Gasteiger partial charge in [0.1, 0.15) is 24.5 Å². The van der Waals surface area contributed by atoms with Gasteiger partial charge < -0.3 is 14.7 Å². The molecule has 0 spiro atoms. The maximum Gasteiger partial charge on any atom is 0.144 e. The topological polar surface area (TPSA) is 58.5 Å². The molecule has 1 N–H and O–H groups in total. The first-order valence-electron chi connectivity index (χ1n) is 7.80. The molecule has 2 heterocycles. The minimum absolute atomic E-state index is 0.0155. The van der Waals surface area contributed by atoms with Crippen molar-refractivity contribution in [3.63, 3.8) is 0 Å². The third-order valence-corrected chi connectivity index (χ3v) is 4.38. The Morgan fingerprint density at radius 1 is 1.17 bits per heavy atom. The number of anilines is 2. The zero-order valence-corrected chi connectivity index (χ0v) is 13.7. The van der Waals surface area contributed by atoms with Gasteiger partial charge in [-0.25, -0.2) is 9.97 Å². The smallest absolute Gasteiger partial charge is 0.144 e. The zero-order chi connectivity index (χ0) is 16.5. The summed E-state index contributed by atoms with van der Waals surface area (Å²) in [6.45, 7) is 1.12. The fourth-order valence-corrected chi connectivity index (χ4v) is 3.23. The monoisotopic (exact) mass is 341 g/mol. The van der Waals surface area contributed by atoms with Gasteiger partial charge in [-0.05, 0) is 36.2 Å². The molecule has 2 aromatic carbocycles. The van der Waals surface area contributed by atoms with E-state index in [0.717, 1.165) is 40.4 Å². The highest BCUT2D eigenvalue weighted by atomic mass is 35.5. The summed E-state index contributed by atoms with van der Waals surface area (Å²) in [5, 5.41) is 10.6. The second-order valence-electron chi connectivity index (χ2n) is 5.62. The molecule has 0 amide bonds. The van der Waals surface area contributed by atoms with Gasteiger partial charge in [-0.3, -0.25) is 0 Å². The van der Waals surface area contributed by atoms with Crippen molar-refractivity contribution in [2.45, 2.75) is 6.42 Å². The number of aromatic nitrogens is 2. The van der Waals surface area contributed by atoms with Gasteiger partial charge in [-0.15, -0.1) is 0 Å². The van der Waals surface area contributed by atoms with E-state index in [2.05, 4.69) is 20.9 Å². The number of benzene rings is 2. The predicted molar refractivity (Wildman–Crippen MR) is 94.3 cm³/mol. The Hall–Kier alpha value is -2.37. The molecule has 0 aliphatic carbocycles. The van der Waals surface area contributed by atoms with Gasteiger partial charge in [0.05, 0.1) is 12.1 Å². The lowest BCUT2D eigenvalue weighted by Gasteiger charge is -2.20. The van der Waals surface area contributed by atoms with Crippen LogP contribution in [0.4, 0.5) is 11.5 Å². The molecule has 1 aliphatic heterocycles. The van der Waals surface area contributed by atoms with E-state index < -0.39 is 0 Å². The van der Waals surface area contributed by atoms with Crippen LogP contribution in [0.1, 0.15) is 5.56 Å². The molecule has 0 bridgehead atoms. The minimum Gasteiger partial charge on any atom is -0.491 e. The molecule has 3 aromatic rings. The average molecular weight is 342 g/mol. The standard InChI is InChI=1S/C18H16ClN3O2/c19-13-2-1-12-5-6-22(17(12)9-13)18-15-4-3-14(24-8-7-23)10-16(15)20-11-21-18/h1-4,9-11,23H,5-8H2. The van der Waals surface area contributed by atoms with Crippen LogP contribution in [-0.4, -0.2) is 34.8 Å². The Morgan fingerprint density at radius 3 is 2.96 bits per heavy atom. The summed E-state index contributed by atoms with van der Waals surface area (Å²) >= 11 is 6.17. The van der Waals surface area contributed by atoms with Gasteiger partial charge in [0.15, 0.2) is 0 Å². The molecule has 0 atom stereocenters. The number of aliphatic hydroxyl groups is 1. The number of nitrogens with zero attached hydrogens (tertiary/aromatic N) is 3. The van der Waals surface area contributed by atoms with Crippen LogP contribution in [0.3, 0.4) is 0 Å². The summed E-state index contributed by atoms with van der Waals surface area (Å²) in [6.07, 6.45) is 2.53. The van der Waals surface area contributed by atoms with Crippen molar-refractivity contribution < 1.29 is 9.84 Å². The number of hydrogen-bond acceptors (Lipinski definition) is 5. The molecule has 0 saturated carbocycles. The normalized spacial score (nSPS) is 13.3. The van der Waals surface area contributed by atoms with Crippen LogP contribution in [0.5, 0.6) is 5.75 Å². The first-order valence-corrected chi connectivity index (χ1v) is 8.18. The molecule has 0 radical (unpaired) electrons. The Kier molecular flexibility index (Phi) is 3.96. The van der Waals surface area contributed by atoms with Crippen LogP contribution in [0.15, 0.2) is 42.7 Å². The van der Waals surface area contributed by atoms with Gasteiger partial charge >= 0.3 is 0 Å². The van der Waals surface area contributed by atoms with Crippen molar-refractivity contribution >= 4 is 34.0 Å². The quantitative estimate of drug-likeness (QED) is 0.788. The van der Waals surface area contributed by atoms with E-state index in [1.165, 1.54) is 5.56 Å². The predicted octanol–water partition coefficient (Wildman–Crippen LogP) is 3.35. The number of aliphatic hydroxyl groups excluding tert-OH is 1. The maximum atomic E-state index is 8.88. The van der Waals surface area contributed by atoms with Gasteiger partial charge in [0.25, 0.3) is 0 Å². The van der Waals surface area contributed by atoms with E-state index in [9.17, 15) is 0 Å². The Bertz CT molecular complexity index is 901. The fraction of sp³-hybridized carbons (Fsp3) is 0.222. The van der Waals surface area contributed by atoms with Crippen LogP contribution >= 0.6 is 11.6 Å². The SMILES string of the molecule is OCCOc1ccc2c(N3CCc4ccc(Cl)cc43)ncnc2c1. The molecule has 0 fully saturated rings. The highest BCUT2D eigenvalue weighted by Crippen LogP contribution is 2.38. The second kappa shape index (κ2) is 6.26. The van der Waals surface area contributed by atoms with Crippen molar-refractivity contribution in [2.75, 3.05) is 24.7 Å². The van der Waals surface area contributed by atoms with Gasteiger partial charge in [0, 0.05) is 28.7 Å². The molecule has 4 rings (SSSR count). The summed E-state index contributed by atoms with van der Waals surface area (Å²) in [6, 6.07) is 11.7. The molecule has 6 heteroatoms. The summed E-state index contributed by atoms with van der Waals surface area (Å²) < 4.78 is 5.46. The van der Waals surface area contributed by atoms with Crippen molar-refractivity contribution in [1.82, 2.24) is 9.97 Å². The number of halogens is 1. The van der Waals surface area contributed by atoms with Crippen molar-refractivity contribution in [1.29, 1.82) is 0 Å². The van der Waals surface area contributed by atoms with Crippen LogP contribution in [0, 0.1) is 0 Å². The fourth-order valence-electron chi connectivity index (χ4n) is 3.06. The van der Waals surface area contributed by atoms with Crippen LogP contribution in [0.25, 0.3) is 10.9 Å². The van der Waals surface area contributed by atoms with Crippen molar-refractivity contribution in [3.05, 3.63) is 53.3 Å². The third kappa shape index (κ3) is 2.66. The Labute approximate surface area is 144 Å². The summed E-state index contributed by atoms with van der Waals surface area (Å²) in [5.74, 6) is 1.56. The number of fused-ring (bicyclic) bond motifs is 2. The van der Waals surface area contributed by atoms with Gasteiger partial charge in [-0.2, -0.15) is 0 Å². The van der Waals surface area contributed by atoms with Crippen LogP contribution in [0.2, 0.25) is 5.02 Å². The first-order chi connectivity index (χ1) is 11.8. The Balaban J connectivity index is 1.77. The molecule has 5 nitrogen and oxygen atoms in total. The summed E-state index contributed by atoms with van der Waals surface area (Å²) in [7, 11) is 0. The number of ether oxygens (including phenoxy) is 1. The lowest BCUT2D eigenvalue weighted by atomic mass is 10.1. The Morgan fingerprint density at radius 2 is 2.08 bits per heavy atom. The molecular formula is C18H16ClN3O2. The summed E-state index contributed by atoms with van der Waals surface area (Å²) in [5.41, 5.74) is 3.18. The van der Waals surface area contributed by atoms with Crippen LogP contribution in [-0.2, 0) is 6.42 Å². The van der Waals surface area contributed by atoms with Crippen molar-refractivity contribution in [3.8, 4) is 5.75 Å². The highest BCUT2D eigenvalue weighted by Gasteiger charge is 2.23. The molecule has 1 aliphatic rings. The van der Waals surface area contributed by atoms with E-state index in [4.69, 9.17) is 21.4 Å².